The molecule has 9 heteroatoms. The van der Waals surface area contributed by atoms with E-state index in [4.69, 9.17) is 9.47 Å². The summed E-state index contributed by atoms with van der Waals surface area (Å²) in [4.78, 5) is 12.8. The van der Waals surface area contributed by atoms with Crippen molar-refractivity contribution < 1.29 is 14.3 Å². The van der Waals surface area contributed by atoms with Gasteiger partial charge < -0.3 is 14.8 Å². The predicted octanol–water partition coefficient (Wildman–Crippen LogP) is 1.80. The smallest absolute Gasteiger partial charge is 0.234 e. The first kappa shape index (κ1) is 18.1. The molecule has 0 saturated carbocycles. The molecule has 0 radical (unpaired) electrons. The lowest BCUT2D eigenvalue weighted by Crippen LogP contribution is -2.25. The lowest BCUT2D eigenvalue weighted by molar-refractivity contribution is -0.121. The third-order valence-electron chi connectivity index (χ3n) is 3.94. The predicted molar refractivity (Wildman–Crippen MR) is 98.0 cm³/mol. The molecule has 2 aromatic heterocycles. The van der Waals surface area contributed by atoms with Crippen LogP contribution >= 0.6 is 11.3 Å². The number of benzene rings is 1. The summed E-state index contributed by atoms with van der Waals surface area (Å²) in [7, 11) is 3.21. The van der Waals surface area contributed by atoms with E-state index in [0.717, 1.165) is 27.8 Å². The minimum absolute atomic E-state index is 0.00756. The highest BCUT2D eigenvalue weighted by Crippen LogP contribution is 2.27. The molecule has 0 fully saturated rings. The number of hydrogen-bond donors (Lipinski definition) is 1. The Hall–Kier alpha value is -2.68. The van der Waals surface area contributed by atoms with Crippen molar-refractivity contribution in [2.45, 2.75) is 26.2 Å². The van der Waals surface area contributed by atoms with Crippen LogP contribution in [-0.2, 0) is 17.6 Å². The topological polar surface area (TPSA) is 90.6 Å². The van der Waals surface area contributed by atoms with E-state index in [1.165, 1.54) is 11.3 Å². The first-order valence-corrected chi connectivity index (χ1v) is 9.07. The summed E-state index contributed by atoms with van der Waals surface area (Å²) in [5.74, 6) is 2.14. The summed E-state index contributed by atoms with van der Waals surface area (Å²) >= 11 is 1.46. The SMILES string of the molecule is COc1ccc(CCNC(=O)CCc2nn3c(C)nnc3s2)cc1OC. The third kappa shape index (κ3) is 4.10. The number of ether oxygens (including phenoxy) is 2. The lowest BCUT2D eigenvalue weighted by Gasteiger charge is -2.10. The maximum atomic E-state index is 12.0. The Morgan fingerprint density at radius 3 is 2.73 bits per heavy atom. The molecule has 138 valence electrons. The molecule has 3 aromatic rings. The molecule has 0 aliphatic heterocycles. The summed E-state index contributed by atoms with van der Waals surface area (Å²) in [6.45, 7) is 2.42. The van der Waals surface area contributed by atoms with Crippen LogP contribution in [0.1, 0.15) is 22.8 Å². The minimum Gasteiger partial charge on any atom is -0.493 e. The Labute approximate surface area is 155 Å². The Morgan fingerprint density at radius 1 is 1.19 bits per heavy atom. The van der Waals surface area contributed by atoms with Gasteiger partial charge in [-0.1, -0.05) is 17.4 Å². The number of aryl methyl sites for hydroxylation is 2. The molecular weight excluding hydrogens is 354 g/mol. The fourth-order valence-corrected chi connectivity index (χ4v) is 3.43. The monoisotopic (exact) mass is 375 g/mol. The average Bonchev–Trinajstić information content (AvgIpc) is 3.21. The van der Waals surface area contributed by atoms with Crippen molar-refractivity contribution in [1.29, 1.82) is 0 Å². The van der Waals surface area contributed by atoms with Gasteiger partial charge in [-0.15, -0.1) is 10.2 Å². The van der Waals surface area contributed by atoms with Crippen molar-refractivity contribution in [1.82, 2.24) is 25.1 Å². The van der Waals surface area contributed by atoms with Crippen molar-refractivity contribution in [3.05, 3.63) is 34.6 Å². The van der Waals surface area contributed by atoms with Crippen molar-refractivity contribution in [2.75, 3.05) is 20.8 Å². The zero-order chi connectivity index (χ0) is 18.5. The van der Waals surface area contributed by atoms with E-state index in [0.29, 0.717) is 30.9 Å². The summed E-state index contributed by atoms with van der Waals surface area (Å²) in [5.41, 5.74) is 1.08. The van der Waals surface area contributed by atoms with Gasteiger partial charge in [-0.25, -0.2) is 0 Å². The van der Waals surface area contributed by atoms with E-state index in [9.17, 15) is 4.79 Å². The molecule has 8 nitrogen and oxygen atoms in total. The molecule has 0 saturated heterocycles. The highest BCUT2D eigenvalue weighted by Gasteiger charge is 2.10. The van der Waals surface area contributed by atoms with Gasteiger partial charge in [-0.2, -0.15) is 9.61 Å². The number of nitrogens with one attached hydrogen (secondary N) is 1. The standard InChI is InChI=1S/C17H21N5O3S/c1-11-19-20-17-22(11)21-16(26-17)7-6-15(23)18-9-8-12-4-5-13(24-2)14(10-12)25-3/h4-5,10H,6-9H2,1-3H3,(H,18,23). The second kappa shape index (κ2) is 8.13. The first-order valence-electron chi connectivity index (χ1n) is 8.26. The van der Waals surface area contributed by atoms with Crippen molar-refractivity contribution in [2.24, 2.45) is 0 Å². The molecule has 0 spiro atoms. The van der Waals surface area contributed by atoms with Crippen molar-refractivity contribution in [3.8, 4) is 11.5 Å². The zero-order valence-corrected chi connectivity index (χ0v) is 15.8. The molecule has 0 aliphatic rings. The van der Waals surface area contributed by atoms with Gasteiger partial charge in [-0.3, -0.25) is 4.79 Å². The van der Waals surface area contributed by atoms with Crippen LogP contribution in [-0.4, -0.2) is 46.5 Å². The number of methoxy groups -OCH3 is 2. The molecule has 0 bridgehead atoms. The highest BCUT2D eigenvalue weighted by molar-refractivity contribution is 7.16. The largest absolute Gasteiger partial charge is 0.493 e. The van der Waals surface area contributed by atoms with Crippen LogP contribution in [0.2, 0.25) is 0 Å². The van der Waals surface area contributed by atoms with E-state index >= 15 is 0 Å². The third-order valence-corrected chi connectivity index (χ3v) is 4.90. The van der Waals surface area contributed by atoms with E-state index in [-0.39, 0.29) is 5.91 Å². The van der Waals surface area contributed by atoms with E-state index in [1.54, 1.807) is 18.7 Å². The number of aromatic nitrogens is 4. The van der Waals surface area contributed by atoms with Crippen LogP contribution in [0, 0.1) is 6.92 Å². The maximum Gasteiger partial charge on any atom is 0.234 e. The number of fused-ring (bicyclic) bond motifs is 1. The van der Waals surface area contributed by atoms with E-state index in [2.05, 4.69) is 20.6 Å². The summed E-state index contributed by atoms with van der Waals surface area (Å²) in [6.07, 6.45) is 1.72. The summed E-state index contributed by atoms with van der Waals surface area (Å²) in [5, 5.41) is 16.2. The van der Waals surface area contributed by atoms with Crippen LogP contribution in [0.3, 0.4) is 0 Å². The van der Waals surface area contributed by atoms with Crippen LogP contribution < -0.4 is 14.8 Å². The Balaban J connectivity index is 1.45. The average molecular weight is 375 g/mol. The molecule has 3 rings (SSSR count). The minimum atomic E-state index is 0.00756. The van der Waals surface area contributed by atoms with Gasteiger partial charge >= 0.3 is 0 Å². The molecule has 2 heterocycles. The lowest BCUT2D eigenvalue weighted by atomic mass is 10.1. The fourth-order valence-electron chi connectivity index (χ4n) is 2.55. The molecule has 0 atom stereocenters. The Bertz CT molecular complexity index is 905. The highest BCUT2D eigenvalue weighted by atomic mass is 32.1. The Morgan fingerprint density at radius 2 is 2.00 bits per heavy atom. The second-order valence-electron chi connectivity index (χ2n) is 5.73. The van der Waals surface area contributed by atoms with Gasteiger partial charge in [0.2, 0.25) is 10.9 Å². The van der Waals surface area contributed by atoms with E-state index in [1.807, 2.05) is 25.1 Å². The summed E-state index contributed by atoms with van der Waals surface area (Å²) < 4.78 is 12.2. The fraction of sp³-hybridized carbons (Fsp3) is 0.412. The molecule has 1 amide bonds. The van der Waals surface area contributed by atoms with Crippen LogP contribution in [0.4, 0.5) is 0 Å². The second-order valence-corrected chi connectivity index (χ2v) is 6.77. The molecule has 1 aromatic carbocycles. The number of hydrogen-bond acceptors (Lipinski definition) is 7. The number of rotatable bonds is 8. The van der Waals surface area contributed by atoms with Crippen molar-refractivity contribution >= 4 is 22.2 Å². The van der Waals surface area contributed by atoms with Gasteiger partial charge in [-0.05, 0) is 31.0 Å². The van der Waals surface area contributed by atoms with Crippen LogP contribution in [0.5, 0.6) is 11.5 Å². The van der Waals surface area contributed by atoms with Gasteiger partial charge in [0, 0.05) is 19.4 Å². The van der Waals surface area contributed by atoms with Gasteiger partial charge in [0.1, 0.15) is 5.01 Å². The van der Waals surface area contributed by atoms with Gasteiger partial charge in [0.05, 0.1) is 14.2 Å². The van der Waals surface area contributed by atoms with Crippen molar-refractivity contribution in [3.63, 3.8) is 0 Å². The molecular formula is C17H21N5O3S. The quantitative estimate of drug-likeness (QED) is 0.646. The van der Waals surface area contributed by atoms with Crippen LogP contribution in [0.25, 0.3) is 4.96 Å². The molecule has 26 heavy (non-hydrogen) atoms. The van der Waals surface area contributed by atoms with E-state index < -0.39 is 0 Å². The number of carbonyl (C=O) groups excluding carboxylic acids is 1. The van der Waals surface area contributed by atoms with Crippen LogP contribution in [0.15, 0.2) is 18.2 Å². The van der Waals surface area contributed by atoms with Gasteiger partial charge in [0.25, 0.3) is 0 Å². The molecule has 0 aliphatic carbocycles. The number of amides is 1. The Kier molecular flexibility index (Phi) is 5.67. The normalized spacial score (nSPS) is 10.9. The first-order chi connectivity index (χ1) is 12.6. The molecule has 0 unspecified atom stereocenters. The number of nitrogens with zero attached hydrogens (tertiary/aromatic N) is 4. The zero-order valence-electron chi connectivity index (χ0n) is 15.0. The van der Waals surface area contributed by atoms with Gasteiger partial charge in [0.15, 0.2) is 17.3 Å². The number of carbonyl (C=O) groups is 1. The summed E-state index contributed by atoms with van der Waals surface area (Å²) in [6, 6.07) is 5.76. The molecule has 1 N–H and O–H groups in total. The maximum absolute atomic E-state index is 12.0.